The molecule has 1 N–H and O–H groups in total. The molecule has 9 heteroatoms. The third-order valence-electron chi connectivity index (χ3n) is 2.91. The Balaban J connectivity index is 2.01. The lowest BCUT2D eigenvalue weighted by Crippen LogP contribution is -2.07. The molecule has 0 radical (unpaired) electrons. The molecule has 1 aromatic carbocycles. The van der Waals surface area contributed by atoms with Crippen LogP contribution in [0.3, 0.4) is 0 Å². The number of hydrazone groups is 1. The highest BCUT2D eigenvalue weighted by Crippen LogP contribution is 2.29. The number of esters is 1. The highest BCUT2D eigenvalue weighted by Gasteiger charge is 2.12. The molecule has 0 aliphatic rings. The summed E-state index contributed by atoms with van der Waals surface area (Å²) in [6.45, 7) is 4.12. The lowest BCUT2D eigenvalue weighted by molar-refractivity contribution is -0.142. The van der Waals surface area contributed by atoms with E-state index in [1.807, 2.05) is 0 Å². The second-order valence-corrected chi connectivity index (χ2v) is 5.97. The Labute approximate surface area is 153 Å². The number of thiazole rings is 1. The first-order chi connectivity index (χ1) is 12.0. The van der Waals surface area contributed by atoms with Crippen molar-refractivity contribution in [3.63, 3.8) is 0 Å². The molecule has 0 saturated heterocycles. The predicted molar refractivity (Wildman–Crippen MR) is 96.2 cm³/mol. The number of benzene rings is 1. The number of ether oxygens (including phenoxy) is 2. The Morgan fingerprint density at radius 3 is 2.96 bits per heavy atom. The maximum Gasteiger partial charge on any atom is 0.311 e. The van der Waals surface area contributed by atoms with Crippen LogP contribution in [0.1, 0.15) is 25.1 Å². The predicted octanol–water partition coefficient (Wildman–Crippen LogP) is 3.89. The number of carbonyl (C=O) groups is 1. The highest BCUT2D eigenvalue weighted by atomic mass is 35.5. The molecule has 1 aromatic heterocycles. The van der Waals surface area contributed by atoms with Crippen LogP contribution in [0, 0.1) is 5.82 Å². The quantitative estimate of drug-likeness (QED) is 0.424. The molecule has 0 amide bonds. The molecule has 1 heterocycles. The van der Waals surface area contributed by atoms with E-state index >= 15 is 0 Å². The molecule has 0 aliphatic carbocycles. The smallest absolute Gasteiger partial charge is 0.311 e. The van der Waals surface area contributed by atoms with Crippen LogP contribution in [-0.2, 0) is 16.0 Å². The summed E-state index contributed by atoms with van der Waals surface area (Å²) < 4.78 is 24.3. The monoisotopic (exact) mass is 385 g/mol. The van der Waals surface area contributed by atoms with Gasteiger partial charge in [0, 0.05) is 10.9 Å². The first-order valence-corrected chi connectivity index (χ1v) is 8.80. The minimum Gasteiger partial charge on any atom is -0.489 e. The van der Waals surface area contributed by atoms with E-state index in [1.54, 1.807) is 19.2 Å². The van der Waals surface area contributed by atoms with Crippen LogP contribution < -0.4 is 10.2 Å². The molecule has 0 saturated carbocycles. The van der Waals surface area contributed by atoms with Crippen molar-refractivity contribution in [2.75, 3.05) is 18.6 Å². The van der Waals surface area contributed by atoms with Crippen molar-refractivity contribution in [2.24, 2.45) is 5.10 Å². The summed E-state index contributed by atoms with van der Waals surface area (Å²) in [4.78, 5) is 15.6. The lowest BCUT2D eigenvalue weighted by atomic mass is 10.2. The topological polar surface area (TPSA) is 72.8 Å². The molecule has 0 unspecified atom stereocenters. The summed E-state index contributed by atoms with van der Waals surface area (Å²) in [6, 6.07) is 3.04. The van der Waals surface area contributed by atoms with E-state index in [1.165, 1.54) is 29.7 Å². The maximum atomic E-state index is 14.3. The van der Waals surface area contributed by atoms with Gasteiger partial charge in [-0.15, -0.1) is 11.3 Å². The maximum absolute atomic E-state index is 14.3. The Kier molecular flexibility index (Phi) is 7.15. The van der Waals surface area contributed by atoms with E-state index in [4.69, 9.17) is 21.1 Å². The van der Waals surface area contributed by atoms with E-state index in [-0.39, 0.29) is 28.7 Å². The van der Waals surface area contributed by atoms with Crippen LogP contribution in [0.25, 0.3) is 0 Å². The summed E-state index contributed by atoms with van der Waals surface area (Å²) in [5.74, 6) is -0.921. The van der Waals surface area contributed by atoms with E-state index in [0.717, 1.165) is 0 Å². The van der Waals surface area contributed by atoms with Crippen LogP contribution in [0.2, 0.25) is 5.02 Å². The number of halogens is 2. The number of carbonyl (C=O) groups excluding carboxylic acids is 1. The van der Waals surface area contributed by atoms with Crippen molar-refractivity contribution in [3.05, 3.63) is 39.6 Å². The molecule has 2 aromatic rings. The second kappa shape index (κ2) is 9.33. The Bertz CT molecular complexity index is 767. The average Bonchev–Trinajstić information content (AvgIpc) is 3.01. The van der Waals surface area contributed by atoms with Crippen LogP contribution in [-0.4, -0.2) is 30.4 Å². The fourth-order valence-corrected chi connectivity index (χ4v) is 2.74. The van der Waals surface area contributed by atoms with Gasteiger partial charge in [-0.2, -0.15) is 5.10 Å². The van der Waals surface area contributed by atoms with Gasteiger partial charge in [0.25, 0.3) is 0 Å². The second-order valence-electron chi connectivity index (χ2n) is 4.71. The number of anilines is 1. The van der Waals surface area contributed by atoms with Gasteiger partial charge in [0.05, 0.1) is 36.6 Å². The Hall–Kier alpha value is -2.19. The number of nitrogens with one attached hydrogen (secondary N) is 1. The standard InChI is InChI=1S/C16H17ClFN3O3S/c1-3-23-13(22)7-11-9-25-16(20-11)21-19-8-10-5-6-12(17)15(14(10)18)24-4-2/h5-6,8-9H,3-4,7H2,1-2H3,(H,20,21). The normalized spacial score (nSPS) is 10.9. The molecule has 0 aliphatic heterocycles. The van der Waals surface area contributed by atoms with Crippen molar-refractivity contribution < 1.29 is 18.7 Å². The van der Waals surface area contributed by atoms with Gasteiger partial charge in [-0.1, -0.05) is 11.6 Å². The molecule has 0 atom stereocenters. The Morgan fingerprint density at radius 2 is 2.24 bits per heavy atom. The number of aromatic nitrogens is 1. The number of rotatable bonds is 8. The minimum absolute atomic E-state index is 0.000844. The van der Waals surface area contributed by atoms with Gasteiger partial charge in [0.1, 0.15) is 0 Å². The largest absolute Gasteiger partial charge is 0.489 e. The number of hydrogen-bond donors (Lipinski definition) is 1. The molecular weight excluding hydrogens is 369 g/mol. The average molecular weight is 386 g/mol. The fourth-order valence-electron chi connectivity index (χ4n) is 1.88. The van der Waals surface area contributed by atoms with Crippen LogP contribution in [0.5, 0.6) is 5.75 Å². The van der Waals surface area contributed by atoms with Crippen molar-refractivity contribution in [1.82, 2.24) is 4.98 Å². The van der Waals surface area contributed by atoms with Crippen molar-refractivity contribution in [3.8, 4) is 5.75 Å². The van der Waals surface area contributed by atoms with Gasteiger partial charge in [0.15, 0.2) is 11.6 Å². The third-order valence-corrected chi connectivity index (χ3v) is 4.01. The van der Waals surface area contributed by atoms with Gasteiger partial charge in [0.2, 0.25) is 5.13 Å². The van der Waals surface area contributed by atoms with E-state index in [2.05, 4.69) is 15.5 Å². The minimum atomic E-state index is -0.581. The first-order valence-electron chi connectivity index (χ1n) is 7.55. The summed E-state index contributed by atoms with van der Waals surface area (Å²) in [6.07, 6.45) is 1.40. The Morgan fingerprint density at radius 1 is 1.44 bits per heavy atom. The summed E-state index contributed by atoms with van der Waals surface area (Å²) in [7, 11) is 0. The summed E-state index contributed by atoms with van der Waals surface area (Å²) >= 11 is 7.19. The van der Waals surface area contributed by atoms with E-state index < -0.39 is 5.82 Å². The molecular formula is C16H17ClFN3O3S. The zero-order valence-electron chi connectivity index (χ0n) is 13.7. The highest BCUT2D eigenvalue weighted by molar-refractivity contribution is 7.13. The summed E-state index contributed by atoms with van der Waals surface area (Å²) in [5, 5.41) is 6.36. The van der Waals surface area contributed by atoms with Gasteiger partial charge < -0.3 is 9.47 Å². The third kappa shape index (κ3) is 5.40. The van der Waals surface area contributed by atoms with Crippen LogP contribution in [0.4, 0.5) is 9.52 Å². The van der Waals surface area contributed by atoms with Crippen molar-refractivity contribution in [1.29, 1.82) is 0 Å². The fraction of sp³-hybridized carbons (Fsp3) is 0.312. The number of nitrogens with zero attached hydrogens (tertiary/aromatic N) is 2. The molecule has 134 valence electrons. The van der Waals surface area contributed by atoms with E-state index in [9.17, 15) is 9.18 Å². The van der Waals surface area contributed by atoms with Crippen molar-refractivity contribution >= 4 is 40.3 Å². The molecule has 6 nitrogen and oxygen atoms in total. The van der Waals surface area contributed by atoms with Gasteiger partial charge >= 0.3 is 5.97 Å². The molecule has 2 rings (SSSR count). The lowest BCUT2D eigenvalue weighted by Gasteiger charge is -2.08. The van der Waals surface area contributed by atoms with E-state index in [0.29, 0.717) is 24.0 Å². The zero-order chi connectivity index (χ0) is 18.2. The molecule has 0 spiro atoms. The van der Waals surface area contributed by atoms with Gasteiger partial charge in [-0.3, -0.25) is 10.2 Å². The first kappa shape index (κ1) is 19.1. The van der Waals surface area contributed by atoms with Gasteiger partial charge in [-0.05, 0) is 26.0 Å². The number of hydrogen-bond acceptors (Lipinski definition) is 7. The van der Waals surface area contributed by atoms with Gasteiger partial charge in [-0.25, -0.2) is 9.37 Å². The van der Waals surface area contributed by atoms with Crippen LogP contribution >= 0.6 is 22.9 Å². The molecule has 25 heavy (non-hydrogen) atoms. The van der Waals surface area contributed by atoms with Crippen molar-refractivity contribution in [2.45, 2.75) is 20.3 Å². The molecule has 0 bridgehead atoms. The summed E-state index contributed by atoms with van der Waals surface area (Å²) in [5.41, 5.74) is 3.50. The molecule has 0 fully saturated rings. The SMILES string of the molecule is CCOC(=O)Cc1csc(NN=Cc2ccc(Cl)c(OCC)c2F)n1. The van der Waals surface area contributed by atoms with Crippen LogP contribution in [0.15, 0.2) is 22.6 Å². The zero-order valence-corrected chi connectivity index (χ0v) is 15.3.